The molecule has 0 unspecified atom stereocenters. The minimum absolute atomic E-state index is 1.02. The zero-order chi connectivity index (χ0) is 17.8. The van der Waals surface area contributed by atoms with Crippen LogP contribution in [0.3, 0.4) is 0 Å². The van der Waals surface area contributed by atoms with Crippen molar-refractivity contribution < 1.29 is 4.90 Å². The van der Waals surface area contributed by atoms with E-state index in [1.165, 1.54) is 27.5 Å². The van der Waals surface area contributed by atoms with Crippen LogP contribution in [0, 0.1) is 6.92 Å². The van der Waals surface area contributed by atoms with Gasteiger partial charge >= 0.3 is 0 Å². The Bertz CT molecular complexity index is 903. The molecule has 26 heavy (non-hydrogen) atoms. The van der Waals surface area contributed by atoms with Crippen LogP contribution < -0.4 is 4.90 Å². The van der Waals surface area contributed by atoms with Crippen molar-refractivity contribution in [2.24, 2.45) is 5.10 Å². The minimum atomic E-state index is 1.02. The van der Waals surface area contributed by atoms with Crippen LogP contribution in [0.15, 0.2) is 71.8 Å². The number of hydrazone groups is 1. The van der Waals surface area contributed by atoms with Crippen LogP contribution in [-0.4, -0.2) is 37.4 Å². The molecule has 0 saturated carbocycles. The maximum Gasteiger partial charge on any atom is 0.104 e. The molecule has 0 aromatic heterocycles. The van der Waals surface area contributed by atoms with Gasteiger partial charge in [0.15, 0.2) is 0 Å². The maximum atomic E-state index is 4.70. The molecule has 1 aliphatic heterocycles. The van der Waals surface area contributed by atoms with E-state index < -0.39 is 0 Å². The van der Waals surface area contributed by atoms with E-state index >= 15 is 0 Å². The van der Waals surface area contributed by atoms with Gasteiger partial charge in [-0.15, -0.1) is 0 Å². The number of benzene rings is 3. The predicted octanol–water partition coefficient (Wildman–Crippen LogP) is 2.88. The van der Waals surface area contributed by atoms with Gasteiger partial charge in [-0.2, -0.15) is 5.10 Å². The zero-order valence-corrected chi connectivity index (χ0v) is 15.4. The summed E-state index contributed by atoms with van der Waals surface area (Å²) in [5.74, 6) is 0. The van der Waals surface area contributed by atoms with E-state index in [-0.39, 0.29) is 0 Å². The van der Waals surface area contributed by atoms with Gasteiger partial charge in [-0.05, 0) is 28.8 Å². The number of quaternary nitrogens is 1. The normalized spacial score (nSPS) is 15.8. The summed E-state index contributed by atoms with van der Waals surface area (Å²) in [6, 6.07) is 23.8. The number of aryl methyl sites for hydroxylation is 1. The number of hydrogen-bond acceptors (Lipinski definition) is 2. The molecule has 3 heteroatoms. The van der Waals surface area contributed by atoms with Crippen LogP contribution in [0.2, 0.25) is 0 Å². The second kappa shape index (κ2) is 7.71. The predicted molar refractivity (Wildman–Crippen MR) is 109 cm³/mol. The molecular weight excluding hydrogens is 318 g/mol. The van der Waals surface area contributed by atoms with E-state index in [1.807, 2.05) is 6.21 Å². The van der Waals surface area contributed by atoms with E-state index in [2.05, 4.69) is 78.7 Å². The molecule has 0 radical (unpaired) electrons. The van der Waals surface area contributed by atoms with Gasteiger partial charge < -0.3 is 4.90 Å². The number of fused-ring (bicyclic) bond motifs is 1. The van der Waals surface area contributed by atoms with Crippen molar-refractivity contribution in [3.05, 3.63) is 83.4 Å². The molecule has 0 atom stereocenters. The first-order valence-corrected chi connectivity index (χ1v) is 9.44. The van der Waals surface area contributed by atoms with Crippen LogP contribution in [0.25, 0.3) is 10.8 Å². The lowest BCUT2D eigenvalue weighted by molar-refractivity contribution is -0.918. The van der Waals surface area contributed by atoms with Crippen LogP contribution in [0.5, 0.6) is 0 Å². The molecule has 1 heterocycles. The third-order valence-electron chi connectivity index (χ3n) is 5.32. The monoisotopic (exact) mass is 344 g/mol. The van der Waals surface area contributed by atoms with Crippen LogP contribution >= 0.6 is 0 Å². The van der Waals surface area contributed by atoms with Crippen molar-refractivity contribution >= 4 is 17.0 Å². The second-order valence-electron chi connectivity index (χ2n) is 7.12. The topological polar surface area (TPSA) is 20.0 Å². The summed E-state index contributed by atoms with van der Waals surface area (Å²) < 4.78 is 0. The molecule has 132 valence electrons. The zero-order valence-electron chi connectivity index (χ0n) is 15.4. The first-order chi connectivity index (χ1) is 12.8. The molecule has 3 aromatic rings. The van der Waals surface area contributed by atoms with Crippen molar-refractivity contribution in [3.8, 4) is 0 Å². The molecule has 3 nitrogen and oxygen atoms in total. The fourth-order valence-electron chi connectivity index (χ4n) is 3.69. The maximum absolute atomic E-state index is 4.70. The molecule has 1 saturated heterocycles. The number of piperazine rings is 1. The van der Waals surface area contributed by atoms with E-state index in [9.17, 15) is 0 Å². The molecule has 1 aliphatic rings. The fourth-order valence-corrected chi connectivity index (χ4v) is 3.69. The third kappa shape index (κ3) is 3.78. The van der Waals surface area contributed by atoms with Gasteiger partial charge in [-0.3, -0.25) is 5.01 Å². The van der Waals surface area contributed by atoms with Gasteiger partial charge in [-0.1, -0.05) is 66.7 Å². The molecule has 4 rings (SSSR count). The molecule has 3 aromatic carbocycles. The van der Waals surface area contributed by atoms with Crippen LogP contribution in [0.4, 0.5) is 0 Å². The Hall–Kier alpha value is -2.65. The van der Waals surface area contributed by atoms with Gasteiger partial charge in [0.05, 0.1) is 32.4 Å². The van der Waals surface area contributed by atoms with E-state index in [0.717, 1.165) is 32.7 Å². The molecule has 0 spiro atoms. The number of hydrogen-bond donors (Lipinski definition) is 1. The summed E-state index contributed by atoms with van der Waals surface area (Å²) in [6.07, 6.45) is 2.00. The molecular formula is C23H26N3+. The Kier molecular flexibility index (Phi) is 4.98. The van der Waals surface area contributed by atoms with Gasteiger partial charge in [0.1, 0.15) is 6.54 Å². The highest BCUT2D eigenvalue weighted by Gasteiger charge is 2.19. The highest BCUT2D eigenvalue weighted by Crippen LogP contribution is 2.17. The van der Waals surface area contributed by atoms with Crippen molar-refractivity contribution in [1.82, 2.24) is 5.01 Å². The van der Waals surface area contributed by atoms with Crippen molar-refractivity contribution in [1.29, 1.82) is 0 Å². The van der Waals surface area contributed by atoms with Crippen molar-refractivity contribution in [2.45, 2.75) is 13.5 Å². The smallest absolute Gasteiger partial charge is 0.104 e. The number of nitrogens with one attached hydrogen (secondary N) is 1. The quantitative estimate of drug-likeness (QED) is 0.722. The lowest BCUT2D eigenvalue weighted by Crippen LogP contribution is -3.13. The summed E-state index contributed by atoms with van der Waals surface area (Å²) in [6.45, 7) is 7.53. The summed E-state index contributed by atoms with van der Waals surface area (Å²) in [4.78, 5) is 1.64. The molecule has 0 amide bonds. The van der Waals surface area contributed by atoms with E-state index in [0.29, 0.717) is 0 Å². The minimum Gasteiger partial charge on any atom is -0.328 e. The molecule has 1 N–H and O–H groups in total. The lowest BCUT2D eigenvalue weighted by Gasteiger charge is -2.30. The summed E-state index contributed by atoms with van der Waals surface area (Å²) in [5, 5.41) is 9.64. The molecule has 0 bridgehead atoms. The largest absolute Gasteiger partial charge is 0.328 e. The van der Waals surface area contributed by atoms with Crippen molar-refractivity contribution in [3.63, 3.8) is 0 Å². The highest BCUT2D eigenvalue weighted by atomic mass is 15.5. The highest BCUT2D eigenvalue weighted by molar-refractivity contribution is 5.85. The molecule has 0 aliphatic carbocycles. The first-order valence-electron chi connectivity index (χ1n) is 9.44. The summed E-state index contributed by atoms with van der Waals surface area (Å²) in [7, 11) is 0. The average molecular weight is 344 g/mol. The number of nitrogens with zero attached hydrogens (tertiary/aromatic N) is 2. The van der Waals surface area contributed by atoms with E-state index in [1.54, 1.807) is 4.90 Å². The van der Waals surface area contributed by atoms with Crippen molar-refractivity contribution in [2.75, 3.05) is 26.2 Å². The second-order valence-corrected chi connectivity index (χ2v) is 7.12. The summed E-state index contributed by atoms with van der Waals surface area (Å²) >= 11 is 0. The summed E-state index contributed by atoms with van der Waals surface area (Å²) in [5.41, 5.74) is 3.93. The Morgan fingerprint density at radius 1 is 0.923 bits per heavy atom. The SMILES string of the molecule is Cc1ccccc1/C=N\N1CC[NH+](Cc2cccc3ccccc23)CC1. The molecule has 1 fully saturated rings. The van der Waals surface area contributed by atoms with Gasteiger partial charge in [0.25, 0.3) is 0 Å². The van der Waals surface area contributed by atoms with Gasteiger partial charge in [0, 0.05) is 5.56 Å². The van der Waals surface area contributed by atoms with Crippen LogP contribution in [-0.2, 0) is 6.54 Å². The standard InChI is InChI=1S/C23H25N3/c1-19-7-2-3-9-21(19)17-24-26-15-13-25(14-16-26)18-22-11-6-10-20-8-4-5-12-23(20)22/h2-12,17H,13-16,18H2,1H3/p+1/b24-17-. The average Bonchev–Trinajstić information content (AvgIpc) is 2.69. The third-order valence-corrected chi connectivity index (χ3v) is 5.32. The number of rotatable bonds is 4. The Balaban J connectivity index is 1.37. The van der Waals surface area contributed by atoms with Gasteiger partial charge in [-0.25, -0.2) is 0 Å². The Morgan fingerprint density at radius 3 is 2.50 bits per heavy atom. The Labute approximate surface area is 155 Å². The fraction of sp³-hybridized carbons (Fsp3) is 0.261. The lowest BCUT2D eigenvalue weighted by atomic mass is 10.0. The Morgan fingerprint density at radius 2 is 1.65 bits per heavy atom. The first kappa shape index (κ1) is 16.8. The van der Waals surface area contributed by atoms with Gasteiger partial charge in [0.2, 0.25) is 0 Å². The van der Waals surface area contributed by atoms with E-state index in [4.69, 9.17) is 5.10 Å². The van der Waals surface area contributed by atoms with Crippen LogP contribution in [0.1, 0.15) is 16.7 Å².